The Morgan fingerprint density at radius 1 is 1.62 bits per heavy atom. The zero-order valence-corrected chi connectivity index (χ0v) is 12.4. The molecular formula is C11H16BrNOS2. The topological polar surface area (TPSA) is 35.2 Å². The van der Waals surface area contributed by atoms with Crippen molar-refractivity contribution < 1.29 is 4.74 Å². The molecule has 1 fully saturated rings. The molecule has 2 atom stereocenters. The van der Waals surface area contributed by atoms with Crippen molar-refractivity contribution in [2.24, 2.45) is 5.73 Å². The van der Waals surface area contributed by atoms with Gasteiger partial charge in [-0.1, -0.05) is 6.92 Å². The molecule has 5 heteroatoms. The molecule has 2 rings (SSSR count). The number of thiophene rings is 1. The van der Waals surface area contributed by atoms with Crippen molar-refractivity contribution >= 4 is 39.0 Å². The van der Waals surface area contributed by atoms with Crippen LogP contribution in [0.4, 0.5) is 0 Å². The van der Waals surface area contributed by atoms with Crippen LogP contribution in [0.3, 0.4) is 0 Å². The van der Waals surface area contributed by atoms with Crippen LogP contribution in [0.25, 0.3) is 0 Å². The minimum absolute atomic E-state index is 0.233. The molecule has 1 aliphatic heterocycles. The molecule has 2 nitrogen and oxygen atoms in total. The van der Waals surface area contributed by atoms with E-state index in [1.54, 1.807) is 11.3 Å². The van der Waals surface area contributed by atoms with E-state index in [-0.39, 0.29) is 6.04 Å². The summed E-state index contributed by atoms with van der Waals surface area (Å²) in [7, 11) is 0. The Balaban J connectivity index is 2.06. The first kappa shape index (κ1) is 12.9. The molecule has 0 saturated carbocycles. The van der Waals surface area contributed by atoms with E-state index in [1.165, 1.54) is 8.66 Å². The lowest BCUT2D eigenvalue weighted by Gasteiger charge is -2.31. The Morgan fingerprint density at radius 3 is 2.81 bits per heavy atom. The molecule has 2 heterocycles. The Morgan fingerprint density at radius 2 is 2.38 bits per heavy atom. The smallest absolute Gasteiger partial charge is 0.0701 e. The van der Waals surface area contributed by atoms with Crippen LogP contribution >= 0.6 is 39.0 Å². The quantitative estimate of drug-likeness (QED) is 0.902. The summed E-state index contributed by atoms with van der Waals surface area (Å²) < 4.78 is 6.40. The number of nitrogens with two attached hydrogens (primary N) is 1. The summed E-state index contributed by atoms with van der Waals surface area (Å²) in [5.41, 5.74) is 6.22. The number of ether oxygens (including phenoxy) is 1. The molecule has 1 saturated heterocycles. The maximum absolute atomic E-state index is 6.22. The summed E-state index contributed by atoms with van der Waals surface area (Å²) >= 11 is 7.27. The van der Waals surface area contributed by atoms with Gasteiger partial charge < -0.3 is 10.5 Å². The van der Waals surface area contributed by atoms with Crippen molar-refractivity contribution in [1.82, 2.24) is 0 Å². The normalized spacial score (nSPS) is 20.4. The fraction of sp³-hybridized carbons (Fsp3) is 0.636. The predicted molar refractivity (Wildman–Crippen MR) is 75.2 cm³/mol. The van der Waals surface area contributed by atoms with Crippen LogP contribution in [0.15, 0.2) is 15.9 Å². The lowest BCUT2D eigenvalue weighted by Crippen LogP contribution is -2.34. The van der Waals surface area contributed by atoms with E-state index in [4.69, 9.17) is 10.5 Å². The van der Waals surface area contributed by atoms with E-state index in [2.05, 4.69) is 35.0 Å². The number of thioether (sulfide) groups is 1. The molecule has 1 aliphatic rings. The first-order valence-corrected chi connectivity index (χ1v) is 8.00. The standard InChI is InChI=1S/C11H16BrNOS2/c1-2-8(13)11(15-7-5-14-6-7)9-3-4-10(12)16-9/h3-4,7-8,11H,2,5-6,13H2,1H3. The van der Waals surface area contributed by atoms with Gasteiger partial charge in [-0.2, -0.15) is 0 Å². The maximum Gasteiger partial charge on any atom is 0.0701 e. The molecule has 0 aliphatic carbocycles. The summed E-state index contributed by atoms with van der Waals surface area (Å²) in [4.78, 5) is 1.37. The fourth-order valence-corrected chi connectivity index (χ4v) is 4.74. The molecule has 0 radical (unpaired) electrons. The minimum Gasteiger partial charge on any atom is -0.379 e. The van der Waals surface area contributed by atoms with E-state index in [0.717, 1.165) is 19.6 Å². The number of rotatable bonds is 5. The number of halogens is 1. The fourth-order valence-electron chi connectivity index (χ4n) is 1.57. The Hall–Kier alpha value is 0.450. The van der Waals surface area contributed by atoms with Gasteiger partial charge in [0.25, 0.3) is 0 Å². The molecule has 0 amide bonds. The van der Waals surface area contributed by atoms with Crippen LogP contribution in [-0.4, -0.2) is 24.5 Å². The van der Waals surface area contributed by atoms with Crippen LogP contribution in [-0.2, 0) is 4.74 Å². The molecule has 16 heavy (non-hydrogen) atoms. The van der Waals surface area contributed by atoms with E-state index < -0.39 is 0 Å². The predicted octanol–water partition coefficient (Wildman–Crippen LogP) is 3.42. The van der Waals surface area contributed by atoms with Gasteiger partial charge in [-0.05, 0) is 34.5 Å². The van der Waals surface area contributed by atoms with Gasteiger partial charge in [0.05, 0.1) is 27.5 Å². The molecule has 1 aromatic heterocycles. The van der Waals surface area contributed by atoms with Crippen molar-refractivity contribution in [3.05, 3.63) is 20.8 Å². The third-order valence-corrected chi connectivity index (χ3v) is 6.09. The van der Waals surface area contributed by atoms with Gasteiger partial charge in [-0.3, -0.25) is 0 Å². The first-order valence-electron chi connectivity index (χ1n) is 5.44. The Bertz CT molecular complexity index is 340. The highest BCUT2D eigenvalue weighted by atomic mass is 79.9. The van der Waals surface area contributed by atoms with Gasteiger partial charge in [0.15, 0.2) is 0 Å². The second-order valence-electron chi connectivity index (χ2n) is 3.93. The zero-order valence-electron chi connectivity index (χ0n) is 9.19. The van der Waals surface area contributed by atoms with Crippen molar-refractivity contribution in [3.8, 4) is 0 Å². The third-order valence-electron chi connectivity index (χ3n) is 2.68. The highest BCUT2D eigenvalue weighted by Gasteiger charge is 2.28. The largest absolute Gasteiger partial charge is 0.379 e. The van der Waals surface area contributed by atoms with Crippen molar-refractivity contribution in [1.29, 1.82) is 0 Å². The molecule has 90 valence electrons. The Kier molecular flexibility index (Phi) is 4.73. The van der Waals surface area contributed by atoms with Gasteiger partial charge in [-0.15, -0.1) is 23.1 Å². The summed E-state index contributed by atoms with van der Waals surface area (Å²) in [6.07, 6.45) is 1.01. The van der Waals surface area contributed by atoms with Crippen molar-refractivity contribution in [3.63, 3.8) is 0 Å². The van der Waals surface area contributed by atoms with Crippen LogP contribution in [0, 0.1) is 0 Å². The summed E-state index contributed by atoms with van der Waals surface area (Å²) in [5, 5.41) is 1.04. The summed E-state index contributed by atoms with van der Waals surface area (Å²) in [5.74, 6) is 0. The second-order valence-corrected chi connectivity index (χ2v) is 7.87. The van der Waals surface area contributed by atoms with E-state index in [0.29, 0.717) is 10.5 Å². The van der Waals surface area contributed by atoms with E-state index in [1.807, 2.05) is 11.8 Å². The lowest BCUT2D eigenvalue weighted by atomic mass is 10.1. The molecule has 2 N–H and O–H groups in total. The third kappa shape index (κ3) is 3.01. The lowest BCUT2D eigenvalue weighted by molar-refractivity contribution is 0.0452. The monoisotopic (exact) mass is 321 g/mol. The van der Waals surface area contributed by atoms with E-state index >= 15 is 0 Å². The summed E-state index contributed by atoms with van der Waals surface area (Å²) in [6.45, 7) is 3.91. The first-order chi connectivity index (χ1) is 7.70. The van der Waals surface area contributed by atoms with Gasteiger partial charge in [0.1, 0.15) is 0 Å². The van der Waals surface area contributed by atoms with Crippen molar-refractivity contribution in [2.45, 2.75) is 29.9 Å². The molecule has 2 unspecified atom stereocenters. The molecule has 1 aromatic rings. The minimum atomic E-state index is 0.233. The zero-order chi connectivity index (χ0) is 11.5. The Labute approximate surface area is 113 Å². The van der Waals surface area contributed by atoms with Crippen molar-refractivity contribution in [2.75, 3.05) is 13.2 Å². The van der Waals surface area contributed by atoms with Crippen LogP contribution in [0.2, 0.25) is 0 Å². The highest BCUT2D eigenvalue weighted by molar-refractivity contribution is 9.11. The average Bonchev–Trinajstić information content (AvgIpc) is 2.62. The van der Waals surface area contributed by atoms with Gasteiger partial charge in [0.2, 0.25) is 0 Å². The molecular weight excluding hydrogens is 306 g/mol. The van der Waals surface area contributed by atoms with Gasteiger partial charge in [-0.25, -0.2) is 0 Å². The molecule has 0 aromatic carbocycles. The van der Waals surface area contributed by atoms with Crippen LogP contribution in [0.5, 0.6) is 0 Å². The van der Waals surface area contributed by atoms with E-state index in [9.17, 15) is 0 Å². The SMILES string of the molecule is CCC(N)C(SC1COC1)c1ccc(Br)s1. The van der Waals surface area contributed by atoms with Gasteiger partial charge >= 0.3 is 0 Å². The number of hydrogen-bond acceptors (Lipinski definition) is 4. The second kappa shape index (κ2) is 5.87. The summed E-state index contributed by atoms with van der Waals surface area (Å²) in [6, 6.07) is 4.52. The van der Waals surface area contributed by atoms with Crippen LogP contribution < -0.4 is 5.73 Å². The number of hydrogen-bond donors (Lipinski definition) is 1. The van der Waals surface area contributed by atoms with Gasteiger partial charge in [0, 0.05) is 10.9 Å². The highest BCUT2D eigenvalue weighted by Crippen LogP contribution is 2.41. The maximum atomic E-state index is 6.22. The molecule has 0 bridgehead atoms. The molecule has 0 spiro atoms. The average molecular weight is 322 g/mol. The van der Waals surface area contributed by atoms with Crippen LogP contribution in [0.1, 0.15) is 23.5 Å².